The summed E-state index contributed by atoms with van der Waals surface area (Å²) in [6, 6.07) is 2.24. The van der Waals surface area contributed by atoms with Crippen LogP contribution in [-0.4, -0.2) is 52.7 Å². The van der Waals surface area contributed by atoms with Gasteiger partial charge in [-0.15, -0.1) is 0 Å². The predicted molar refractivity (Wildman–Crippen MR) is 111 cm³/mol. The summed E-state index contributed by atoms with van der Waals surface area (Å²) in [7, 11) is 0. The maximum Gasteiger partial charge on any atom is 0.333 e. The highest BCUT2D eigenvalue weighted by Gasteiger charge is 2.40. The minimum absolute atomic E-state index is 0.0581. The van der Waals surface area contributed by atoms with Crippen molar-refractivity contribution >= 4 is 18.2 Å². The number of aliphatic hydroxyl groups excluding tert-OH is 1. The third kappa shape index (κ3) is 5.37. The van der Waals surface area contributed by atoms with Crippen molar-refractivity contribution in [1.29, 1.82) is 0 Å². The molecule has 1 aromatic rings. The number of nitrogens with zero attached hydrogens (tertiary/aromatic N) is 1. The zero-order valence-electron chi connectivity index (χ0n) is 18.1. The summed E-state index contributed by atoms with van der Waals surface area (Å²) in [6.45, 7) is 7.12. The first-order valence-corrected chi connectivity index (χ1v) is 10.5. The third-order valence-electron chi connectivity index (χ3n) is 5.38. The molecule has 1 aliphatic rings. The Hall–Kier alpha value is -2.45. The van der Waals surface area contributed by atoms with E-state index in [1.807, 2.05) is 13.8 Å². The number of aldehydes is 1. The molecule has 0 saturated heterocycles. The highest BCUT2D eigenvalue weighted by atomic mass is 16.5. The van der Waals surface area contributed by atoms with Gasteiger partial charge in [0, 0.05) is 24.6 Å². The van der Waals surface area contributed by atoms with Gasteiger partial charge in [-0.05, 0) is 38.0 Å². The molecule has 1 unspecified atom stereocenters. The van der Waals surface area contributed by atoms with E-state index < -0.39 is 24.2 Å². The van der Waals surface area contributed by atoms with Crippen molar-refractivity contribution in [2.75, 3.05) is 6.61 Å². The lowest BCUT2D eigenvalue weighted by atomic mass is 9.87. The highest BCUT2D eigenvalue weighted by Crippen LogP contribution is 2.34. The van der Waals surface area contributed by atoms with Gasteiger partial charge in [0.15, 0.2) is 6.29 Å². The molecular weight excluding hydrogens is 388 g/mol. The molecule has 0 bridgehead atoms. The topological polar surface area (TPSA) is 107 Å². The van der Waals surface area contributed by atoms with Crippen LogP contribution in [0.3, 0.4) is 0 Å². The van der Waals surface area contributed by atoms with Crippen molar-refractivity contribution in [3.63, 3.8) is 0 Å². The van der Waals surface area contributed by atoms with Gasteiger partial charge >= 0.3 is 5.97 Å². The second-order valence-corrected chi connectivity index (χ2v) is 7.34. The molecule has 0 aromatic carbocycles. The van der Waals surface area contributed by atoms with E-state index in [0.717, 1.165) is 12.8 Å². The fourth-order valence-corrected chi connectivity index (χ4v) is 3.95. The number of aromatic nitrogens is 1. The molecule has 8 nitrogen and oxygen atoms in total. The maximum absolute atomic E-state index is 12.6. The van der Waals surface area contributed by atoms with Crippen molar-refractivity contribution in [1.82, 2.24) is 9.88 Å². The fraction of sp³-hybridized carbons (Fsp3) is 0.591. The summed E-state index contributed by atoms with van der Waals surface area (Å²) in [4.78, 5) is 36.2. The van der Waals surface area contributed by atoms with Crippen LogP contribution < -0.4 is 5.32 Å². The van der Waals surface area contributed by atoms with Gasteiger partial charge in [-0.2, -0.15) is 0 Å². The van der Waals surface area contributed by atoms with Gasteiger partial charge in [0.25, 0.3) is 0 Å². The molecular formula is C22H32N2O6. The first-order chi connectivity index (χ1) is 14.4. The van der Waals surface area contributed by atoms with E-state index in [1.54, 1.807) is 29.7 Å². The molecule has 166 valence electrons. The van der Waals surface area contributed by atoms with Crippen molar-refractivity contribution in [3.8, 4) is 0 Å². The average molecular weight is 421 g/mol. The molecule has 0 radical (unpaired) electrons. The molecule has 1 aromatic heterocycles. The molecule has 30 heavy (non-hydrogen) atoms. The van der Waals surface area contributed by atoms with Gasteiger partial charge in [-0.25, -0.2) is 4.79 Å². The Labute approximate surface area is 177 Å². The molecule has 0 fully saturated rings. The molecule has 0 spiro atoms. The number of ether oxygens (including phenoxy) is 2. The van der Waals surface area contributed by atoms with E-state index in [2.05, 4.69) is 5.32 Å². The van der Waals surface area contributed by atoms with Crippen molar-refractivity contribution in [2.45, 2.75) is 77.9 Å². The summed E-state index contributed by atoms with van der Waals surface area (Å²) in [6.07, 6.45) is 3.55. The van der Waals surface area contributed by atoms with Crippen LogP contribution in [0.1, 0.15) is 69.2 Å². The van der Waals surface area contributed by atoms with Gasteiger partial charge in [0.2, 0.25) is 5.91 Å². The number of carbonyl (C=O) groups is 3. The van der Waals surface area contributed by atoms with Crippen LogP contribution in [0.2, 0.25) is 0 Å². The Morgan fingerprint density at radius 3 is 2.53 bits per heavy atom. The van der Waals surface area contributed by atoms with Gasteiger partial charge in [0.1, 0.15) is 0 Å². The summed E-state index contributed by atoms with van der Waals surface area (Å²) in [5.41, 5.74) is 1.29. The Morgan fingerprint density at radius 2 is 2.00 bits per heavy atom. The Morgan fingerprint density at radius 1 is 1.30 bits per heavy atom. The monoisotopic (exact) mass is 420 g/mol. The number of hydrogen-bond donors (Lipinski definition) is 2. The second kappa shape index (κ2) is 11.1. The van der Waals surface area contributed by atoms with Crippen molar-refractivity contribution < 1.29 is 29.0 Å². The second-order valence-electron chi connectivity index (χ2n) is 7.34. The largest absolute Gasteiger partial charge is 0.463 e. The molecule has 8 heteroatoms. The maximum atomic E-state index is 12.6. The normalized spacial score (nSPS) is 21.3. The van der Waals surface area contributed by atoms with E-state index in [-0.39, 0.29) is 31.6 Å². The summed E-state index contributed by atoms with van der Waals surface area (Å²) in [5, 5.41) is 12.8. The number of rotatable bonds is 10. The van der Waals surface area contributed by atoms with Crippen LogP contribution in [0.4, 0.5) is 0 Å². The first-order valence-electron chi connectivity index (χ1n) is 10.5. The quantitative estimate of drug-likeness (QED) is 0.444. The van der Waals surface area contributed by atoms with E-state index in [1.165, 1.54) is 6.92 Å². The molecule has 1 heterocycles. The van der Waals surface area contributed by atoms with Gasteiger partial charge in [-0.3, -0.25) is 9.59 Å². The number of hydrogen-bond acceptors (Lipinski definition) is 6. The van der Waals surface area contributed by atoms with Gasteiger partial charge < -0.3 is 24.5 Å². The predicted octanol–water partition coefficient (Wildman–Crippen LogP) is 2.31. The molecule has 1 amide bonds. The number of carbonyl (C=O) groups excluding carboxylic acids is 3. The number of amides is 1. The molecule has 0 aliphatic heterocycles. The van der Waals surface area contributed by atoms with Crippen LogP contribution in [0.15, 0.2) is 23.8 Å². The van der Waals surface area contributed by atoms with Crippen LogP contribution in [-0.2, 0) is 25.7 Å². The number of esters is 1. The lowest BCUT2D eigenvalue weighted by Crippen LogP contribution is -2.52. The Balaban J connectivity index is 2.58. The van der Waals surface area contributed by atoms with Gasteiger partial charge in [-0.1, -0.05) is 13.8 Å². The first kappa shape index (κ1) is 23.8. The molecule has 1 aliphatic carbocycles. The highest BCUT2D eigenvalue weighted by molar-refractivity contribution is 5.89. The number of nitrogens with one attached hydrogen (secondary N) is 1. The molecule has 0 saturated carbocycles. The zero-order valence-corrected chi connectivity index (χ0v) is 18.1. The molecule has 2 rings (SSSR count). The third-order valence-corrected chi connectivity index (χ3v) is 5.38. The average Bonchev–Trinajstić information content (AvgIpc) is 3.15. The summed E-state index contributed by atoms with van der Waals surface area (Å²) >= 11 is 0. The van der Waals surface area contributed by atoms with E-state index in [0.29, 0.717) is 23.2 Å². The van der Waals surface area contributed by atoms with Crippen molar-refractivity contribution in [2.24, 2.45) is 0 Å². The van der Waals surface area contributed by atoms with Crippen LogP contribution >= 0.6 is 0 Å². The SMILES string of the molecule is CCOC(=O)C1=CC(OC(CC)CC)[C@H](NC(C)=O)[C@@H](n2c(C=O)ccc2CO)C1. The summed E-state index contributed by atoms with van der Waals surface area (Å²) in [5.74, 6) is -0.700. The van der Waals surface area contributed by atoms with Crippen LogP contribution in [0.5, 0.6) is 0 Å². The van der Waals surface area contributed by atoms with Crippen LogP contribution in [0.25, 0.3) is 0 Å². The van der Waals surface area contributed by atoms with E-state index in [4.69, 9.17) is 9.47 Å². The molecule has 3 atom stereocenters. The van der Waals surface area contributed by atoms with E-state index >= 15 is 0 Å². The minimum Gasteiger partial charge on any atom is -0.463 e. The van der Waals surface area contributed by atoms with Crippen LogP contribution in [0, 0.1) is 0 Å². The Kier molecular flexibility index (Phi) is 8.80. The van der Waals surface area contributed by atoms with Gasteiger partial charge in [0.05, 0.1) is 43.2 Å². The zero-order chi connectivity index (χ0) is 22.3. The lowest BCUT2D eigenvalue weighted by Gasteiger charge is -2.40. The number of aliphatic hydroxyl groups is 1. The standard InChI is InChI=1S/C22H32N2O6/c1-5-18(6-2)30-20-11-15(22(28)29-7-3)10-19(21(20)23-14(4)27)24-16(12-25)8-9-17(24)13-26/h8-9,11-12,18-21,26H,5-7,10,13H2,1-4H3,(H,23,27)/t19-,20?,21+/m0/s1. The smallest absolute Gasteiger partial charge is 0.333 e. The molecule has 2 N–H and O–H groups in total. The summed E-state index contributed by atoms with van der Waals surface area (Å²) < 4.78 is 13.2. The lowest BCUT2D eigenvalue weighted by molar-refractivity contribution is -0.139. The minimum atomic E-state index is -0.592. The van der Waals surface area contributed by atoms with Crippen molar-refractivity contribution in [3.05, 3.63) is 35.2 Å². The fourth-order valence-electron chi connectivity index (χ4n) is 3.95. The Bertz CT molecular complexity index is 781. The van der Waals surface area contributed by atoms with E-state index in [9.17, 15) is 19.5 Å².